The highest BCUT2D eigenvalue weighted by atomic mass is 16.5. The lowest BCUT2D eigenvalue weighted by molar-refractivity contribution is -0.107. The minimum atomic E-state index is -0.764. The molecule has 2 N–H and O–H groups in total. The Morgan fingerprint density at radius 2 is 1.83 bits per heavy atom. The van der Waals surface area contributed by atoms with Gasteiger partial charge in [0, 0.05) is 5.39 Å². The van der Waals surface area contributed by atoms with Gasteiger partial charge in [0.25, 0.3) is 0 Å². The summed E-state index contributed by atoms with van der Waals surface area (Å²) >= 11 is 0. The van der Waals surface area contributed by atoms with E-state index in [1.807, 2.05) is 36.4 Å². The van der Waals surface area contributed by atoms with Gasteiger partial charge in [0.05, 0.1) is 23.7 Å². The van der Waals surface area contributed by atoms with Crippen molar-refractivity contribution in [3.63, 3.8) is 0 Å². The first-order valence-electron chi connectivity index (χ1n) is 9.17. The van der Waals surface area contributed by atoms with Crippen LogP contribution in [0.5, 0.6) is 0 Å². The first-order valence-corrected chi connectivity index (χ1v) is 9.17. The molecule has 0 aliphatic carbocycles. The van der Waals surface area contributed by atoms with Gasteiger partial charge in [-0.25, -0.2) is 5.01 Å². The van der Waals surface area contributed by atoms with E-state index >= 15 is 0 Å². The second kappa shape index (κ2) is 7.83. The van der Waals surface area contributed by atoms with Crippen LogP contribution in [0.2, 0.25) is 0 Å². The number of aliphatic hydroxyl groups excluding tert-OH is 1. The van der Waals surface area contributed by atoms with Gasteiger partial charge < -0.3 is 9.90 Å². The summed E-state index contributed by atoms with van der Waals surface area (Å²) in [4.78, 5) is 11.9. The van der Waals surface area contributed by atoms with E-state index in [2.05, 4.69) is 10.2 Å². The van der Waals surface area contributed by atoms with E-state index in [-0.39, 0.29) is 6.61 Å². The molecule has 0 fully saturated rings. The predicted octanol–water partition coefficient (Wildman–Crippen LogP) is 3.35. The Morgan fingerprint density at radius 3 is 2.55 bits per heavy atom. The number of aldehydes is 1. The smallest absolute Gasteiger partial charge is 0.153 e. The number of hydrazone groups is 2. The van der Waals surface area contributed by atoms with Crippen LogP contribution in [-0.4, -0.2) is 34.1 Å². The monoisotopic (exact) mass is 388 g/mol. The van der Waals surface area contributed by atoms with E-state index in [9.17, 15) is 15.1 Å². The van der Waals surface area contributed by atoms with E-state index in [4.69, 9.17) is 0 Å². The number of carbonyl (C=O) groups excluding carboxylic acids is 1. The van der Waals surface area contributed by atoms with Gasteiger partial charge in [-0.05, 0) is 36.1 Å². The molecule has 0 radical (unpaired) electrons. The standard InChI is InChI=1S/C22H20N4O3/c1-15-22(21(14-28)25(23-15)18-11-9-16(13-27)10-12-18)24-26(29)20-8-4-6-17-5-2-3-7-19(17)20/h2-12,14,21,27,29H,13H2,1H3. The first-order chi connectivity index (χ1) is 14.1. The van der Waals surface area contributed by atoms with Crippen molar-refractivity contribution in [3.8, 4) is 0 Å². The summed E-state index contributed by atoms with van der Waals surface area (Å²) in [7, 11) is 0. The third-order valence-corrected chi connectivity index (χ3v) is 4.87. The molecular weight excluding hydrogens is 368 g/mol. The van der Waals surface area contributed by atoms with Gasteiger partial charge in [0.1, 0.15) is 5.71 Å². The molecule has 1 aliphatic rings. The minimum absolute atomic E-state index is 0.0586. The zero-order chi connectivity index (χ0) is 20.4. The molecule has 0 amide bonds. The Labute approximate surface area is 167 Å². The van der Waals surface area contributed by atoms with Gasteiger partial charge in [0.15, 0.2) is 12.3 Å². The van der Waals surface area contributed by atoms with Gasteiger partial charge in [-0.3, -0.25) is 5.21 Å². The van der Waals surface area contributed by atoms with Crippen LogP contribution in [0.1, 0.15) is 12.5 Å². The summed E-state index contributed by atoms with van der Waals surface area (Å²) in [5.41, 5.74) is 2.87. The zero-order valence-corrected chi connectivity index (χ0v) is 15.8. The van der Waals surface area contributed by atoms with Crippen LogP contribution in [0.25, 0.3) is 10.8 Å². The van der Waals surface area contributed by atoms with Crippen LogP contribution in [0.15, 0.2) is 76.9 Å². The zero-order valence-electron chi connectivity index (χ0n) is 15.8. The fourth-order valence-corrected chi connectivity index (χ4v) is 3.37. The maximum Gasteiger partial charge on any atom is 0.153 e. The van der Waals surface area contributed by atoms with Gasteiger partial charge in [-0.2, -0.15) is 5.10 Å². The Hall–Kier alpha value is -3.55. The SMILES string of the molecule is CC1=NN(c2ccc(CO)cc2)C(C=O)C1=NN(O)c1cccc2ccccc12. The molecule has 4 rings (SSSR count). The normalized spacial score (nSPS) is 17.6. The van der Waals surface area contributed by atoms with Crippen LogP contribution >= 0.6 is 0 Å². The third kappa shape index (κ3) is 3.49. The number of anilines is 2. The molecule has 0 saturated heterocycles. The molecule has 146 valence electrons. The average molecular weight is 388 g/mol. The molecular formula is C22H20N4O3. The molecule has 29 heavy (non-hydrogen) atoms. The van der Waals surface area contributed by atoms with Crippen LogP contribution in [0.3, 0.4) is 0 Å². The average Bonchev–Trinajstić information content (AvgIpc) is 3.08. The molecule has 7 heteroatoms. The van der Waals surface area contributed by atoms with Crippen molar-refractivity contribution in [2.75, 3.05) is 10.2 Å². The maximum absolute atomic E-state index is 11.9. The summed E-state index contributed by atoms with van der Waals surface area (Å²) in [5.74, 6) is 0. The number of hydrogen-bond donors (Lipinski definition) is 2. The van der Waals surface area contributed by atoms with E-state index in [1.54, 1.807) is 42.3 Å². The quantitative estimate of drug-likeness (QED) is 0.517. The van der Waals surface area contributed by atoms with Crippen LogP contribution < -0.4 is 10.2 Å². The van der Waals surface area contributed by atoms with Crippen molar-refractivity contribution in [2.24, 2.45) is 10.2 Å². The molecule has 0 bridgehead atoms. The van der Waals surface area contributed by atoms with Crippen LogP contribution in [0, 0.1) is 0 Å². The third-order valence-electron chi connectivity index (χ3n) is 4.87. The van der Waals surface area contributed by atoms with Crippen molar-refractivity contribution in [1.29, 1.82) is 0 Å². The molecule has 1 aliphatic heterocycles. The second-order valence-corrected chi connectivity index (χ2v) is 6.71. The van der Waals surface area contributed by atoms with Gasteiger partial charge in [0.2, 0.25) is 0 Å². The fraction of sp³-hybridized carbons (Fsp3) is 0.136. The number of benzene rings is 3. The van der Waals surface area contributed by atoms with E-state index < -0.39 is 6.04 Å². The Balaban J connectivity index is 1.69. The Kier molecular flexibility index (Phi) is 5.07. The molecule has 0 spiro atoms. The number of nitrogens with zero attached hydrogens (tertiary/aromatic N) is 4. The van der Waals surface area contributed by atoms with Gasteiger partial charge in [-0.15, -0.1) is 10.3 Å². The van der Waals surface area contributed by atoms with Crippen molar-refractivity contribution in [3.05, 3.63) is 72.3 Å². The molecule has 1 heterocycles. The van der Waals surface area contributed by atoms with E-state index in [0.29, 0.717) is 22.8 Å². The fourth-order valence-electron chi connectivity index (χ4n) is 3.37. The predicted molar refractivity (Wildman–Crippen MR) is 113 cm³/mol. The number of aliphatic hydroxyl groups is 1. The lowest BCUT2D eigenvalue weighted by Gasteiger charge is -2.20. The first kappa shape index (κ1) is 18.8. The summed E-state index contributed by atoms with van der Waals surface area (Å²) in [6.45, 7) is 1.69. The van der Waals surface area contributed by atoms with Crippen molar-refractivity contribution >= 4 is 39.9 Å². The van der Waals surface area contributed by atoms with Gasteiger partial charge in [-0.1, -0.05) is 48.5 Å². The molecule has 1 atom stereocenters. The number of rotatable bonds is 5. The molecule has 3 aromatic rings. The molecule has 0 aromatic heterocycles. The second-order valence-electron chi connectivity index (χ2n) is 6.71. The summed E-state index contributed by atoms with van der Waals surface area (Å²) in [6.07, 6.45) is 0.746. The van der Waals surface area contributed by atoms with Crippen LogP contribution in [-0.2, 0) is 11.4 Å². The highest BCUT2D eigenvalue weighted by Gasteiger charge is 2.33. The molecule has 3 aromatic carbocycles. The number of fused-ring (bicyclic) bond motifs is 1. The largest absolute Gasteiger partial charge is 0.392 e. The Morgan fingerprint density at radius 1 is 1.10 bits per heavy atom. The molecule has 0 saturated carbocycles. The van der Waals surface area contributed by atoms with Crippen molar-refractivity contribution in [1.82, 2.24) is 0 Å². The topological polar surface area (TPSA) is 88.7 Å². The number of hydrogen-bond acceptors (Lipinski definition) is 7. The molecule has 7 nitrogen and oxygen atoms in total. The highest BCUT2D eigenvalue weighted by molar-refractivity contribution is 6.48. The maximum atomic E-state index is 11.9. The van der Waals surface area contributed by atoms with Gasteiger partial charge >= 0.3 is 0 Å². The highest BCUT2D eigenvalue weighted by Crippen LogP contribution is 2.28. The number of carbonyl (C=O) groups is 1. The van der Waals surface area contributed by atoms with E-state index in [1.165, 1.54) is 0 Å². The van der Waals surface area contributed by atoms with Crippen molar-refractivity contribution in [2.45, 2.75) is 19.6 Å². The summed E-state index contributed by atoms with van der Waals surface area (Å²) < 4.78 is 0. The summed E-state index contributed by atoms with van der Waals surface area (Å²) in [6, 6.07) is 19.6. The lowest BCUT2D eigenvalue weighted by atomic mass is 10.1. The Bertz CT molecular complexity index is 1100. The minimum Gasteiger partial charge on any atom is -0.392 e. The summed E-state index contributed by atoms with van der Waals surface area (Å²) in [5, 5.41) is 32.8. The molecule has 1 unspecified atom stereocenters. The van der Waals surface area contributed by atoms with Crippen molar-refractivity contribution < 1.29 is 15.1 Å². The van der Waals surface area contributed by atoms with E-state index in [0.717, 1.165) is 27.8 Å². The van der Waals surface area contributed by atoms with Crippen LogP contribution in [0.4, 0.5) is 11.4 Å². The lowest BCUT2D eigenvalue weighted by Crippen LogP contribution is -2.36.